The van der Waals surface area contributed by atoms with Gasteiger partial charge in [-0.3, -0.25) is 4.79 Å². The fourth-order valence-electron chi connectivity index (χ4n) is 2.06. The van der Waals surface area contributed by atoms with Gasteiger partial charge in [-0.1, -0.05) is 35.7 Å². The van der Waals surface area contributed by atoms with Gasteiger partial charge >= 0.3 is 0 Å². The number of aromatic nitrogens is 2. The van der Waals surface area contributed by atoms with Gasteiger partial charge in [-0.25, -0.2) is 0 Å². The van der Waals surface area contributed by atoms with Crippen LogP contribution in [-0.2, 0) is 4.79 Å². The molecule has 0 aliphatic heterocycles. The van der Waals surface area contributed by atoms with Crippen LogP contribution in [0.3, 0.4) is 0 Å². The Balaban J connectivity index is 1.53. The van der Waals surface area contributed by atoms with Crippen molar-refractivity contribution in [2.45, 2.75) is 15.9 Å². The molecule has 0 saturated carbocycles. The van der Waals surface area contributed by atoms with E-state index in [4.69, 9.17) is 4.42 Å². The molecule has 1 amide bonds. The summed E-state index contributed by atoms with van der Waals surface area (Å²) >= 11 is 4.98. The van der Waals surface area contributed by atoms with Crippen LogP contribution in [0.15, 0.2) is 67.5 Å². The normalized spacial score (nSPS) is 11.0. The monoisotopic (exact) mass is 471 g/mol. The smallest absolute Gasteiger partial charge is 0.288 e. The van der Waals surface area contributed by atoms with Gasteiger partial charge in [0.15, 0.2) is 0 Å². The summed E-state index contributed by atoms with van der Waals surface area (Å²) in [7, 11) is 0. The summed E-state index contributed by atoms with van der Waals surface area (Å²) in [5.74, 6) is -2.31. The highest BCUT2D eigenvalue weighted by Crippen LogP contribution is 2.29. The number of nitrogens with zero attached hydrogens (tertiary/aromatic N) is 2. The van der Waals surface area contributed by atoms with Gasteiger partial charge < -0.3 is 9.73 Å². The van der Waals surface area contributed by atoms with Crippen LogP contribution >= 0.6 is 39.5 Å². The van der Waals surface area contributed by atoms with Crippen molar-refractivity contribution < 1.29 is 18.0 Å². The highest BCUT2D eigenvalue weighted by molar-refractivity contribution is 9.10. The minimum Gasteiger partial charge on any atom is -0.411 e. The third-order valence-electron chi connectivity index (χ3n) is 3.20. The molecule has 0 fully saturated rings. The minimum absolute atomic E-state index is 0.0745. The first-order chi connectivity index (χ1) is 13.0. The first kappa shape index (κ1) is 19.8. The molecule has 0 unspecified atom stereocenters. The summed E-state index contributed by atoms with van der Waals surface area (Å²) in [6, 6.07) is 13.6. The number of carbonyl (C=O) groups excluding carboxylic acids is 1. The Hall–Kier alpha value is -1.91. The van der Waals surface area contributed by atoms with Gasteiger partial charge in [-0.2, -0.15) is 8.78 Å². The molecule has 1 N–H and O–H groups in total. The number of hydrogen-bond donors (Lipinski definition) is 1. The quantitative estimate of drug-likeness (QED) is 0.456. The number of anilines is 1. The van der Waals surface area contributed by atoms with E-state index in [9.17, 15) is 13.6 Å². The van der Waals surface area contributed by atoms with Crippen LogP contribution in [0.5, 0.6) is 0 Å². The van der Waals surface area contributed by atoms with Crippen LogP contribution in [0.1, 0.15) is 0 Å². The van der Waals surface area contributed by atoms with E-state index in [0.29, 0.717) is 28.2 Å². The molecule has 0 radical (unpaired) electrons. The molecular weight excluding hydrogens is 460 g/mol. The van der Waals surface area contributed by atoms with Gasteiger partial charge in [-0.15, -0.1) is 10.2 Å². The minimum atomic E-state index is -2.47. The molecule has 1 aromatic heterocycles. The number of rotatable bonds is 7. The van der Waals surface area contributed by atoms with Gasteiger partial charge in [0.25, 0.3) is 11.0 Å². The third kappa shape index (κ3) is 5.78. The second-order valence-corrected chi connectivity index (χ2v) is 7.94. The standard InChI is InChI=1S/C17H12BrF2N3O2S2/c18-13-4-2-1-3-12(13)15-22-23-17(25-15)26-9-14(24)21-10-5-7-11(8-6-10)27-16(19)20/h1-8,16H,9H2,(H,21,24). The molecule has 0 spiro atoms. The molecule has 5 nitrogen and oxygen atoms in total. The number of nitrogens with one attached hydrogen (secondary N) is 1. The van der Waals surface area contributed by atoms with Crippen molar-refractivity contribution in [1.82, 2.24) is 10.2 Å². The Morgan fingerprint density at radius 1 is 1.15 bits per heavy atom. The summed E-state index contributed by atoms with van der Waals surface area (Å²) in [4.78, 5) is 12.5. The molecule has 10 heteroatoms. The van der Waals surface area contributed by atoms with Crippen molar-refractivity contribution in [2.75, 3.05) is 11.1 Å². The molecule has 2 aromatic carbocycles. The van der Waals surface area contributed by atoms with Gasteiger partial charge in [0, 0.05) is 15.1 Å². The average Bonchev–Trinajstić information content (AvgIpc) is 3.10. The zero-order chi connectivity index (χ0) is 19.2. The second kappa shape index (κ2) is 9.34. The Morgan fingerprint density at radius 2 is 1.89 bits per heavy atom. The van der Waals surface area contributed by atoms with E-state index in [1.807, 2.05) is 24.3 Å². The Labute approximate surface area is 170 Å². The van der Waals surface area contributed by atoms with E-state index in [1.165, 1.54) is 12.1 Å². The van der Waals surface area contributed by atoms with Crippen molar-refractivity contribution in [3.8, 4) is 11.5 Å². The maximum absolute atomic E-state index is 12.3. The average molecular weight is 472 g/mol. The van der Waals surface area contributed by atoms with Crippen LogP contribution in [0.2, 0.25) is 0 Å². The number of halogens is 3. The highest BCUT2D eigenvalue weighted by Gasteiger charge is 2.13. The lowest BCUT2D eigenvalue weighted by atomic mass is 10.2. The molecule has 0 aliphatic carbocycles. The van der Waals surface area contributed by atoms with Crippen LogP contribution in [-0.4, -0.2) is 27.6 Å². The molecular formula is C17H12BrF2N3O2S2. The maximum atomic E-state index is 12.3. The van der Waals surface area contributed by atoms with E-state index in [-0.39, 0.29) is 16.9 Å². The molecule has 0 aliphatic rings. The maximum Gasteiger partial charge on any atom is 0.288 e. The third-order valence-corrected chi connectivity index (χ3v) is 5.43. The van der Waals surface area contributed by atoms with Crippen molar-refractivity contribution in [2.24, 2.45) is 0 Å². The van der Waals surface area contributed by atoms with E-state index >= 15 is 0 Å². The summed E-state index contributed by atoms with van der Waals surface area (Å²) in [6.45, 7) is 0. The van der Waals surface area contributed by atoms with Crippen LogP contribution in [0.25, 0.3) is 11.5 Å². The van der Waals surface area contributed by atoms with E-state index < -0.39 is 5.76 Å². The Bertz CT molecular complexity index is 923. The molecule has 0 saturated heterocycles. The Kier molecular flexibility index (Phi) is 6.86. The van der Waals surface area contributed by atoms with Gasteiger partial charge in [0.05, 0.1) is 11.3 Å². The number of carbonyl (C=O) groups is 1. The lowest BCUT2D eigenvalue weighted by Crippen LogP contribution is -2.13. The van der Waals surface area contributed by atoms with Crippen molar-refractivity contribution in [3.63, 3.8) is 0 Å². The lowest BCUT2D eigenvalue weighted by molar-refractivity contribution is -0.113. The topological polar surface area (TPSA) is 68.0 Å². The summed E-state index contributed by atoms with van der Waals surface area (Å²) in [5, 5.41) is 10.9. The summed E-state index contributed by atoms with van der Waals surface area (Å²) < 4.78 is 31.0. The SMILES string of the molecule is O=C(CSc1nnc(-c2ccccc2Br)o1)Nc1ccc(SC(F)F)cc1. The van der Waals surface area contributed by atoms with Crippen LogP contribution < -0.4 is 5.32 Å². The summed E-state index contributed by atoms with van der Waals surface area (Å²) in [5.41, 5.74) is 1.29. The fraction of sp³-hybridized carbons (Fsp3) is 0.118. The lowest BCUT2D eigenvalue weighted by Gasteiger charge is -2.05. The van der Waals surface area contributed by atoms with Crippen LogP contribution in [0.4, 0.5) is 14.5 Å². The fourth-order valence-corrected chi connectivity index (χ4v) is 3.57. The second-order valence-electron chi connectivity index (χ2n) is 5.09. The molecule has 27 heavy (non-hydrogen) atoms. The number of amides is 1. The van der Waals surface area contributed by atoms with Crippen molar-refractivity contribution >= 4 is 51.0 Å². The van der Waals surface area contributed by atoms with Crippen molar-refractivity contribution in [1.29, 1.82) is 0 Å². The number of alkyl halides is 2. The first-order valence-electron chi connectivity index (χ1n) is 7.57. The molecule has 140 valence electrons. The number of benzene rings is 2. The van der Waals surface area contributed by atoms with E-state index in [2.05, 4.69) is 31.4 Å². The zero-order valence-corrected chi connectivity index (χ0v) is 16.8. The first-order valence-corrected chi connectivity index (χ1v) is 10.2. The predicted molar refractivity (Wildman–Crippen MR) is 105 cm³/mol. The highest BCUT2D eigenvalue weighted by atomic mass is 79.9. The molecule has 3 rings (SSSR count). The summed E-state index contributed by atoms with van der Waals surface area (Å²) in [6.07, 6.45) is 0. The molecule has 0 atom stereocenters. The number of hydrogen-bond acceptors (Lipinski definition) is 6. The van der Waals surface area contributed by atoms with E-state index in [1.54, 1.807) is 12.1 Å². The molecule has 3 aromatic rings. The van der Waals surface area contributed by atoms with Gasteiger partial charge in [-0.05, 0) is 52.3 Å². The van der Waals surface area contributed by atoms with Crippen molar-refractivity contribution in [3.05, 3.63) is 53.0 Å². The molecule has 0 bridgehead atoms. The van der Waals surface area contributed by atoms with Gasteiger partial charge in [0.1, 0.15) is 0 Å². The van der Waals surface area contributed by atoms with E-state index in [0.717, 1.165) is 21.8 Å². The van der Waals surface area contributed by atoms with Gasteiger partial charge in [0.2, 0.25) is 11.8 Å². The largest absolute Gasteiger partial charge is 0.411 e. The Morgan fingerprint density at radius 3 is 2.59 bits per heavy atom. The predicted octanol–water partition coefficient (Wildman–Crippen LogP) is 5.54. The zero-order valence-electron chi connectivity index (χ0n) is 13.6. The van der Waals surface area contributed by atoms with Crippen LogP contribution in [0, 0.1) is 0 Å². The number of thioether (sulfide) groups is 2. The molecule has 1 heterocycles.